The Balaban J connectivity index is 1.71. The van der Waals surface area contributed by atoms with E-state index in [2.05, 4.69) is 29.6 Å². The van der Waals surface area contributed by atoms with Crippen LogP contribution in [0.3, 0.4) is 0 Å². The van der Waals surface area contributed by atoms with Crippen molar-refractivity contribution in [2.75, 3.05) is 11.5 Å². The Hall–Kier alpha value is -1.71. The van der Waals surface area contributed by atoms with E-state index in [0.717, 1.165) is 11.3 Å². The lowest BCUT2D eigenvalue weighted by Crippen LogP contribution is -2.28. The summed E-state index contributed by atoms with van der Waals surface area (Å²) in [5.41, 5.74) is 2.11. The molecule has 1 N–H and O–H groups in total. The SMILES string of the molecule is C[C@H](NC(=O)CSC/C=C/c1ccccc1)c1ccccc1Cl. The highest BCUT2D eigenvalue weighted by Gasteiger charge is 2.11. The number of hydrogen-bond acceptors (Lipinski definition) is 2. The van der Waals surface area contributed by atoms with E-state index in [9.17, 15) is 4.79 Å². The summed E-state index contributed by atoms with van der Waals surface area (Å²) in [5, 5.41) is 3.66. The zero-order valence-electron chi connectivity index (χ0n) is 13.0. The summed E-state index contributed by atoms with van der Waals surface area (Å²) in [6.45, 7) is 1.94. The molecule has 0 aliphatic rings. The summed E-state index contributed by atoms with van der Waals surface area (Å²) in [6, 6.07) is 17.6. The zero-order valence-corrected chi connectivity index (χ0v) is 14.6. The molecular weight excluding hydrogens is 326 g/mol. The maximum absolute atomic E-state index is 12.0. The van der Waals surface area contributed by atoms with Crippen molar-refractivity contribution in [2.45, 2.75) is 13.0 Å². The third-order valence-corrected chi connectivity index (χ3v) is 4.55. The molecule has 0 saturated heterocycles. The van der Waals surface area contributed by atoms with Gasteiger partial charge in [0.2, 0.25) is 5.91 Å². The van der Waals surface area contributed by atoms with Gasteiger partial charge in [0.1, 0.15) is 0 Å². The van der Waals surface area contributed by atoms with Gasteiger partial charge in [-0.05, 0) is 24.1 Å². The summed E-state index contributed by atoms with van der Waals surface area (Å²) < 4.78 is 0. The first-order valence-electron chi connectivity index (χ1n) is 7.50. The smallest absolute Gasteiger partial charge is 0.230 e. The van der Waals surface area contributed by atoms with Crippen molar-refractivity contribution in [1.82, 2.24) is 5.32 Å². The van der Waals surface area contributed by atoms with Crippen LogP contribution in [-0.4, -0.2) is 17.4 Å². The van der Waals surface area contributed by atoms with Crippen molar-refractivity contribution in [2.24, 2.45) is 0 Å². The Morgan fingerprint density at radius 1 is 1.17 bits per heavy atom. The first-order chi connectivity index (χ1) is 11.2. The standard InChI is InChI=1S/C19H20ClNOS/c1-15(17-11-5-6-12-18(17)20)21-19(22)14-23-13-7-10-16-8-3-2-4-9-16/h2-12,15H,13-14H2,1H3,(H,21,22)/b10-7+/t15-/m0/s1. The van der Waals surface area contributed by atoms with Crippen molar-refractivity contribution < 1.29 is 4.79 Å². The van der Waals surface area contributed by atoms with Crippen LogP contribution >= 0.6 is 23.4 Å². The van der Waals surface area contributed by atoms with E-state index in [1.165, 1.54) is 5.56 Å². The average molecular weight is 346 g/mol. The Kier molecular flexibility index (Phi) is 7.24. The first-order valence-corrected chi connectivity index (χ1v) is 9.03. The molecule has 120 valence electrons. The van der Waals surface area contributed by atoms with Gasteiger partial charge in [0.15, 0.2) is 0 Å². The molecule has 0 radical (unpaired) electrons. The number of amides is 1. The molecule has 0 saturated carbocycles. The molecule has 1 atom stereocenters. The van der Waals surface area contributed by atoms with E-state index < -0.39 is 0 Å². The maximum Gasteiger partial charge on any atom is 0.230 e. The normalized spacial score (nSPS) is 12.3. The molecule has 23 heavy (non-hydrogen) atoms. The topological polar surface area (TPSA) is 29.1 Å². The Labute approximate surface area is 146 Å². The molecular formula is C19H20ClNOS. The van der Waals surface area contributed by atoms with Gasteiger partial charge in [-0.3, -0.25) is 4.79 Å². The molecule has 0 heterocycles. The summed E-state index contributed by atoms with van der Waals surface area (Å²) in [5.74, 6) is 1.27. The summed E-state index contributed by atoms with van der Waals surface area (Å²) >= 11 is 7.73. The minimum atomic E-state index is -0.0864. The molecule has 4 heteroatoms. The van der Waals surface area contributed by atoms with E-state index in [-0.39, 0.29) is 11.9 Å². The fourth-order valence-electron chi connectivity index (χ4n) is 2.16. The number of hydrogen-bond donors (Lipinski definition) is 1. The van der Waals surface area contributed by atoms with Crippen LogP contribution in [0.1, 0.15) is 24.1 Å². The third kappa shape index (κ3) is 6.12. The van der Waals surface area contributed by atoms with Crippen LogP contribution in [0.15, 0.2) is 60.7 Å². The molecule has 2 rings (SSSR count). The molecule has 0 spiro atoms. The molecule has 2 aromatic rings. The Morgan fingerprint density at radius 2 is 1.87 bits per heavy atom. The lowest BCUT2D eigenvalue weighted by molar-refractivity contribution is -0.119. The summed E-state index contributed by atoms with van der Waals surface area (Å²) in [6.07, 6.45) is 4.14. The van der Waals surface area contributed by atoms with E-state index in [1.54, 1.807) is 11.8 Å². The fraction of sp³-hybridized carbons (Fsp3) is 0.211. The fourth-order valence-corrected chi connectivity index (χ4v) is 3.07. The number of benzene rings is 2. The highest BCUT2D eigenvalue weighted by molar-refractivity contribution is 8.00. The Morgan fingerprint density at radius 3 is 2.61 bits per heavy atom. The van der Waals surface area contributed by atoms with Crippen LogP contribution in [0.2, 0.25) is 5.02 Å². The van der Waals surface area contributed by atoms with Gasteiger partial charge in [0, 0.05) is 10.8 Å². The second-order valence-electron chi connectivity index (χ2n) is 5.14. The van der Waals surface area contributed by atoms with E-state index >= 15 is 0 Å². The first kappa shape index (κ1) is 17.6. The number of carbonyl (C=O) groups is 1. The highest BCUT2D eigenvalue weighted by atomic mass is 35.5. The molecule has 2 nitrogen and oxygen atoms in total. The highest BCUT2D eigenvalue weighted by Crippen LogP contribution is 2.22. The summed E-state index contributed by atoms with van der Waals surface area (Å²) in [7, 11) is 0. The van der Waals surface area contributed by atoms with Gasteiger partial charge in [0.25, 0.3) is 0 Å². The second kappa shape index (κ2) is 9.43. The van der Waals surface area contributed by atoms with Gasteiger partial charge in [-0.15, -0.1) is 11.8 Å². The van der Waals surface area contributed by atoms with Gasteiger partial charge in [-0.25, -0.2) is 0 Å². The Bertz CT molecular complexity index is 657. The van der Waals surface area contributed by atoms with Crippen molar-refractivity contribution in [3.8, 4) is 0 Å². The van der Waals surface area contributed by atoms with Gasteiger partial charge in [-0.2, -0.15) is 0 Å². The number of thioether (sulfide) groups is 1. The minimum Gasteiger partial charge on any atom is -0.349 e. The molecule has 0 unspecified atom stereocenters. The van der Waals surface area contributed by atoms with Crippen LogP contribution in [0.5, 0.6) is 0 Å². The number of rotatable bonds is 7. The van der Waals surface area contributed by atoms with Crippen molar-refractivity contribution in [3.05, 3.63) is 76.8 Å². The minimum absolute atomic E-state index is 0.0236. The summed E-state index contributed by atoms with van der Waals surface area (Å²) in [4.78, 5) is 12.0. The molecule has 0 fully saturated rings. The van der Waals surface area contributed by atoms with Gasteiger partial charge >= 0.3 is 0 Å². The predicted molar refractivity (Wildman–Crippen MR) is 101 cm³/mol. The van der Waals surface area contributed by atoms with Crippen molar-refractivity contribution in [1.29, 1.82) is 0 Å². The van der Waals surface area contributed by atoms with Gasteiger partial charge in [0.05, 0.1) is 11.8 Å². The lowest BCUT2D eigenvalue weighted by Gasteiger charge is -2.15. The van der Waals surface area contributed by atoms with Gasteiger partial charge in [-0.1, -0.05) is 72.3 Å². The van der Waals surface area contributed by atoms with E-state index in [1.807, 2.05) is 49.4 Å². The number of halogens is 1. The molecule has 0 bridgehead atoms. The second-order valence-corrected chi connectivity index (χ2v) is 6.58. The lowest BCUT2D eigenvalue weighted by atomic mass is 10.1. The zero-order chi connectivity index (χ0) is 16.5. The van der Waals surface area contributed by atoms with Crippen LogP contribution in [0.25, 0.3) is 6.08 Å². The monoisotopic (exact) mass is 345 g/mol. The van der Waals surface area contributed by atoms with Crippen LogP contribution in [0, 0.1) is 0 Å². The van der Waals surface area contributed by atoms with E-state index in [4.69, 9.17) is 11.6 Å². The molecule has 0 aromatic heterocycles. The molecule has 2 aromatic carbocycles. The maximum atomic E-state index is 12.0. The average Bonchev–Trinajstić information content (AvgIpc) is 2.56. The molecule has 0 aliphatic carbocycles. The van der Waals surface area contributed by atoms with Crippen LogP contribution in [0.4, 0.5) is 0 Å². The molecule has 1 amide bonds. The van der Waals surface area contributed by atoms with Gasteiger partial charge < -0.3 is 5.32 Å². The number of nitrogens with one attached hydrogen (secondary N) is 1. The quantitative estimate of drug-likeness (QED) is 0.718. The van der Waals surface area contributed by atoms with Crippen molar-refractivity contribution in [3.63, 3.8) is 0 Å². The predicted octanol–water partition coefficient (Wildman–Crippen LogP) is 4.96. The third-order valence-electron chi connectivity index (χ3n) is 3.31. The largest absolute Gasteiger partial charge is 0.349 e. The molecule has 0 aliphatic heterocycles. The van der Waals surface area contributed by atoms with Crippen LogP contribution < -0.4 is 5.32 Å². The van der Waals surface area contributed by atoms with Crippen molar-refractivity contribution >= 4 is 35.3 Å². The van der Waals surface area contributed by atoms with E-state index in [0.29, 0.717) is 10.8 Å². The van der Waals surface area contributed by atoms with Crippen LogP contribution in [-0.2, 0) is 4.79 Å². The number of carbonyl (C=O) groups excluding carboxylic acids is 1.